The van der Waals surface area contributed by atoms with E-state index in [2.05, 4.69) is 15.0 Å². The van der Waals surface area contributed by atoms with Gasteiger partial charge in [-0.1, -0.05) is 5.11 Å². The van der Waals surface area contributed by atoms with Crippen LogP contribution in [0.15, 0.2) is 17.5 Å². The third kappa shape index (κ3) is 1.27. The highest BCUT2D eigenvalue weighted by Crippen LogP contribution is 1.95. The van der Waals surface area contributed by atoms with Gasteiger partial charge in [0.15, 0.2) is 0 Å². The van der Waals surface area contributed by atoms with Crippen molar-refractivity contribution in [1.82, 2.24) is 9.55 Å². The summed E-state index contributed by atoms with van der Waals surface area (Å²) in [6, 6.07) is 0. The van der Waals surface area contributed by atoms with E-state index in [1.54, 1.807) is 6.20 Å². The Morgan fingerprint density at radius 2 is 2.70 bits per heavy atom. The smallest absolute Gasteiger partial charge is 0.114 e. The Bertz CT molecular complexity index is 257. The van der Waals surface area contributed by atoms with Crippen molar-refractivity contribution in [3.8, 4) is 0 Å². The molecule has 5 heteroatoms. The first-order chi connectivity index (χ1) is 4.84. The second kappa shape index (κ2) is 2.89. The Hall–Kier alpha value is -1.48. The second-order valence-electron chi connectivity index (χ2n) is 1.84. The molecule has 0 spiro atoms. The molecule has 52 valence electrons. The van der Waals surface area contributed by atoms with Crippen LogP contribution in [0, 0.1) is 0 Å². The number of hydrogen-bond donors (Lipinski definition) is 0. The van der Waals surface area contributed by atoms with E-state index in [0.29, 0.717) is 6.54 Å². The number of azide groups is 1. The van der Waals surface area contributed by atoms with Crippen LogP contribution in [0.5, 0.6) is 0 Å². The molecule has 0 radical (unpaired) electrons. The van der Waals surface area contributed by atoms with E-state index >= 15 is 0 Å². The van der Waals surface area contributed by atoms with Crippen LogP contribution in [0.3, 0.4) is 0 Å². The molecule has 0 saturated carbocycles. The van der Waals surface area contributed by atoms with Crippen LogP contribution in [0.4, 0.5) is 0 Å². The lowest BCUT2D eigenvalue weighted by Gasteiger charge is -1.93. The second-order valence-corrected chi connectivity index (χ2v) is 1.84. The Labute approximate surface area is 57.9 Å². The van der Waals surface area contributed by atoms with Gasteiger partial charge in [-0.05, 0) is 5.53 Å². The fourth-order valence-corrected chi connectivity index (χ4v) is 0.644. The van der Waals surface area contributed by atoms with Gasteiger partial charge in [0.2, 0.25) is 0 Å². The molecule has 0 atom stereocenters. The van der Waals surface area contributed by atoms with Crippen molar-refractivity contribution in [2.24, 2.45) is 12.2 Å². The molecular weight excluding hydrogens is 130 g/mol. The fraction of sp³-hybridized carbons (Fsp3) is 0.400. The number of aryl methyl sites for hydroxylation is 1. The Balaban J connectivity index is 2.74. The zero-order chi connectivity index (χ0) is 7.40. The Morgan fingerprint density at radius 1 is 1.90 bits per heavy atom. The summed E-state index contributed by atoms with van der Waals surface area (Å²) in [6.07, 6.45) is 3.48. The molecule has 0 aliphatic heterocycles. The first-order valence-electron chi connectivity index (χ1n) is 2.81. The summed E-state index contributed by atoms with van der Waals surface area (Å²) in [4.78, 5) is 6.57. The maximum absolute atomic E-state index is 7.98. The average Bonchev–Trinajstić information content (AvgIpc) is 2.31. The lowest BCUT2D eigenvalue weighted by atomic mass is 10.6. The van der Waals surface area contributed by atoms with Crippen LogP contribution in [0.1, 0.15) is 5.82 Å². The van der Waals surface area contributed by atoms with Gasteiger partial charge in [0, 0.05) is 24.4 Å². The van der Waals surface area contributed by atoms with Crippen LogP contribution in [-0.4, -0.2) is 9.55 Å². The minimum atomic E-state index is 0.319. The summed E-state index contributed by atoms with van der Waals surface area (Å²) in [5, 5.41) is 3.37. The van der Waals surface area contributed by atoms with Crippen molar-refractivity contribution in [1.29, 1.82) is 0 Å². The first kappa shape index (κ1) is 6.64. The van der Waals surface area contributed by atoms with E-state index in [9.17, 15) is 0 Å². The summed E-state index contributed by atoms with van der Waals surface area (Å²) >= 11 is 0. The largest absolute Gasteiger partial charge is 0.338 e. The van der Waals surface area contributed by atoms with E-state index in [-0.39, 0.29) is 0 Å². The number of hydrogen-bond acceptors (Lipinski definition) is 2. The maximum atomic E-state index is 7.98. The number of nitrogens with zero attached hydrogens (tertiary/aromatic N) is 5. The number of rotatable bonds is 2. The third-order valence-corrected chi connectivity index (χ3v) is 1.20. The molecule has 0 aliphatic carbocycles. The highest BCUT2D eigenvalue weighted by Gasteiger charge is 1.93. The summed E-state index contributed by atoms with van der Waals surface area (Å²) in [5.74, 6) is 0.776. The number of imidazole rings is 1. The Morgan fingerprint density at radius 3 is 3.20 bits per heavy atom. The van der Waals surface area contributed by atoms with Crippen LogP contribution in [0.25, 0.3) is 10.4 Å². The molecule has 0 bridgehead atoms. The van der Waals surface area contributed by atoms with Gasteiger partial charge in [0.25, 0.3) is 0 Å². The molecule has 1 rings (SSSR count). The highest BCUT2D eigenvalue weighted by molar-refractivity contribution is 4.90. The van der Waals surface area contributed by atoms with Crippen molar-refractivity contribution < 1.29 is 0 Å². The maximum Gasteiger partial charge on any atom is 0.114 e. The molecule has 0 N–H and O–H groups in total. The zero-order valence-corrected chi connectivity index (χ0v) is 5.60. The van der Waals surface area contributed by atoms with Crippen molar-refractivity contribution in [2.75, 3.05) is 0 Å². The quantitative estimate of drug-likeness (QED) is 0.343. The normalized spacial score (nSPS) is 8.90. The topological polar surface area (TPSA) is 66.6 Å². The van der Waals surface area contributed by atoms with Gasteiger partial charge < -0.3 is 4.57 Å². The minimum Gasteiger partial charge on any atom is -0.338 e. The van der Waals surface area contributed by atoms with Crippen LogP contribution >= 0.6 is 0 Å². The van der Waals surface area contributed by atoms with Crippen molar-refractivity contribution >= 4 is 0 Å². The van der Waals surface area contributed by atoms with Gasteiger partial charge in [-0.3, -0.25) is 0 Å². The molecule has 0 fully saturated rings. The standard InChI is InChI=1S/C5H7N5/c1-10-3-2-7-5(10)4-8-9-6/h2-3H,4H2,1H3. The molecule has 0 aliphatic rings. The SMILES string of the molecule is Cn1ccnc1CN=[N+]=[N-]. The molecule has 1 aromatic heterocycles. The molecule has 5 nitrogen and oxygen atoms in total. The molecule has 0 unspecified atom stereocenters. The van der Waals surface area contributed by atoms with E-state index in [4.69, 9.17) is 5.53 Å². The fourth-order valence-electron chi connectivity index (χ4n) is 0.644. The van der Waals surface area contributed by atoms with E-state index < -0.39 is 0 Å². The van der Waals surface area contributed by atoms with E-state index in [1.165, 1.54) is 0 Å². The molecule has 0 aromatic carbocycles. The number of aromatic nitrogens is 2. The molecular formula is C5H7N5. The first-order valence-corrected chi connectivity index (χ1v) is 2.81. The Kier molecular flexibility index (Phi) is 1.92. The van der Waals surface area contributed by atoms with Crippen molar-refractivity contribution in [3.05, 3.63) is 28.7 Å². The zero-order valence-electron chi connectivity index (χ0n) is 5.60. The van der Waals surface area contributed by atoms with Gasteiger partial charge in [-0.15, -0.1) is 0 Å². The van der Waals surface area contributed by atoms with Crippen LogP contribution in [0.2, 0.25) is 0 Å². The van der Waals surface area contributed by atoms with Crippen LogP contribution < -0.4 is 0 Å². The minimum absolute atomic E-state index is 0.319. The molecule has 0 amide bonds. The molecule has 10 heavy (non-hydrogen) atoms. The summed E-state index contributed by atoms with van der Waals surface area (Å²) < 4.78 is 1.81. The predicted molar refractivity (Wildman–Crippen MR) is 36.1 cm³/mol. The van der Waals surface area contributed by atoms with Gasteiger partial charge in [-0.2, -0.15) is 0 Å². The van der Waals surface area contributed by atoms with Crippen molar-refractivity contribution in [3.63, 3.8) is 0 Å². The van der Waals surface area contributed by atoms with E-state index in [0.717, 1.165) is 5.82 Å². The van der Waals surface area contributed by atoms with Gasteiger partial charge in [-0.25, -0.2) is 4.98 Å². The van der Waals surface area contributed by atoms with Crippen molar-refractivity contribution in [2.45, 2.75) is 6.54 Å². The van der Waals surface area contributed by atoms with E-state index in [1.807, 2.05) is 17.8 Å². The summed E-state index contributed by atoms with van der Waals surface area (Å²) in [5.41, 5.74) is 7.98. The van der Waals surface area contributed by atoms with Gasteiger partial charge in [0.05, 0.1) is 6.54 Å². The molecule has 1 heterocycles. The third-order valence-electron chi connectivity index (χ3n) is 1.20. The van der Waals surface area contributed by atoms with Gasteiger partial charge in [0.1, 0.15) is 5.82 Å². The lowest BCUT2D eigenvalue weighted by molar-refractivity contribution is 0.790. The van der Waals surface area contributed by atoms with Gasteiger partial charge >= 0.3 is 0 Å². The summed E-state index contributed by atoms with van der Waals surface area (Å²) in [6.45, 7) is 0.319. The molecule has 1 aromatic rings. The lowest BCUT2D eigenvalue weighted by Crippen LogP contribution is -1.93. The monoisotopic (exact) mass is 137 g/mol. The van der Waals surface area contributed by atoms with Crippen LogP contribution in [-0.2, 0) is 13.6 Å². The summed E-state index contributed by atoms with van der Waals surface area (Å²) in [7, 11) is 1.86. The average molecular weight is 137 g/mol. The predicted octanol–water partition coefficient (Wildman–Crippen LogP) is 1.23. The highest BCUT2D eigenvalue weighted by atomic mass is 15.2. The molecule has 0 saturated heterocycles.